The summed E-state index contributed by atoms with van der Waals surface area (Å²) in [4.78, 5) is 0. The largest absolute Gasteiger partial charge is 0.494 e. The minimum atomic E-state index is -0.511. The van der Waals surface area contributed by atoms with Gasteiger partial charge in [0.05, 0.1) is 25.2 Å². The minimum absolute atomic E-state index is 0.511. The van der Waals surface area contributed by atoms with Gasteiger partial charge in [0.15, 0.2) is 0 Å². The smallest absolute Gasteiger partial charge is 0.119 e. The molecule has 0 aliphatic rings. The van der Waals surface area contributed by atoms with Gasteiger partial charge in [-0.25, -0.2) is 0 Å². The second-order valence-corrected chi connectivity index (χ2v) is 4.27. The number of aliphatic hydroxyl groups is 1. The van der Waals surface area contributed by atoms with E-state index in [0.29, 0.717) is 6.42 Å². The average molecular weight is 246 g/mol. The number of benzene rings is 1. The van der Waals surface area contributed by atoms with Crippen molar-refractivity contribution in [2.45, 2.75) is 25.9 Å². The summed E-state index contributed by atoms with van der Waals surface area (Å²) in [6, 6.07) is 9.45. The van der Waals surface area contributed by atoms with E-state index in [0.717, 1.165) is 29.9 Å². The summed E-state index contributed by atoms with van der Waals surface area (Å²) >= 11 is 0. The highest BCUT2D eigenvalue weighted by Gasteiger charge is 2.09. The van der Waals surface area contributed by atoms with Crippen LogP contribution in [-0.4, -0.2) is 11.7 Å². The average Bonchev–Trinajstić information content (AvgIpc) is 2.89. The van der Waals surface area contributed by atoms with Crippen molar-refractivity contribution in [1.82, 2.24) is 0 Å². The molecule has 1 N–H and O–H groups in total. The lowest BCUT2D eigenvalue weighted by molar-refractivity contribution is 0.178. The number of ether oxygens (including phenoxy) is 1. The van der Waals surface area contributed by atoms with Gasteiger partial charge in [0.25, 0.3) is 0 Å². The van der Waals surface area contributed by atoms with Crippen LogP contribution >= 0.6 is 0 Å². The Balaban J connectivity index is 1.96. The van der Waals surface area contributed by atoms with Crippen molar-refractivity contribution in [3.8, 4) is 5.75 Å². The van der Waals surface area contributed by atoms with Crippen LogP contribution in [0.3, 0.4) is 0 Å². The Morgan fingerprint density at radius 1 is 1.22 bits per heavy atom. The van der Waals surface area contributed by atoms with Crippen LogP contribution in [-0.2, 0) is 6.42 Å². The summed E-state index contributed by atoms with van der Waals surface area (Å²) in [6.07, 6.45) is 4.31. The van der Waals surface area contributed by atoms with Gasteiger partial charge in [0, 0.05) is 6.42 Å². The lowest BCUT2D eigenvalue weighted by atomic mass is 10.0. The zero-order valence-electron chi connectivity index (χ0n) is 10.5. The van der Waals surface area contributed by atoms with Crippen molar-refractivity contribution in [2.24, 2.45) is 0 Å². The third kappa shape index (κ3) is 3.37. The van der Waals surface area contributed by atoms with Crippen LogP contribution in [0.4, 0.5) is 0 Å². The summed E-state index contributed by atoms with van der Waals surface area (Å²) in [5.41, 5.74) is 1.88. The Morgan fingerprint density at radius 3 is 2.61 bits per heavy atom. The molecule has 0 aliphatic heterocycles. The predicted octanol–water partition coefficient (Wildman–Crippen LogP) is 3.34. The summed E-state index contributed by atoms with van der Waals surface area (Å²) in [6.45, 7) is 2.79. The molecule has 1 aromatic heterocycles. The molecule has 0 aliphatic carbocycles. The lowest BCUT2D eigenvalue weighted by Gasteiger charge is -2.11. The molecule has 3 nitrogen and oxygen atoms in total. The zero-order chi connectivity index (χ0) is 12.8. The van der Waals surface area contributed by atoms with Crippen molar-refractivity contribution in [2.75, 3.05) is 6.61 Å². The summed E-state index contributed by atoms with van der Waals surface area (Å²) in [5.74, 6) is 0.844. The molecule has 0 saturated carbocycles. The molecule has 1 heterocycles. The van der Waals surface area contributed by atoms with Crippen LogP contribution < -0.4 is 4.74 Å². The molecule has 0 fully saturated rings. The van der Waals surface area contributed by atoms with E-state index in [1.807, 2.05) is 30.3 Å². The van der Waals surface area contributed by atoms with Crippen LogP contribution in [0.2, 0.25) is 0 Å². The third-order valence-electron chi connectivity index (χ3n) is 2.75. The van der Waals surface area contributed by atoms with Crippen LogP contribution in [0.5, 0.6) is 5.75 Å². The fourth-order valence-electron chi connectivity index (χ4n) is 1.76. The maximum absolute atomic E-state index is 10.1. The van der Waals surface area contributed by atoms with Crippen molar-refractivity contribution in [3.63, 3.8) is 0 Å². The Kier molecular flexibility index (Phi) is 4.42. The molecule has 3 heteroatoms. The second kappa shape index (κ2) is 6.26. The Hall–Kier alpha value is -1.74. The number of hydrogen-bond acceptors (Lipinski definition) is 3. The topological polar surface area (TPSA) is 42.6 Å². The van der Waals surface area contributed by atoms with E-state index in [1.165, 1.54) is 0 Å². The maximum atomic E-state index is 10.1. The van der Waals surface area contributed by atoms with Crippen LogP contribution in [0, 0.1) is 0 Å². The molecular weight excluding hydrogens is 228 g/mol. The molecule has 0 amide bonds. The SMILES string of the molecule is CCCOc1ccc(C(O)Cc2ccoc2)cc1. The van der Waals surface area contributed by atoms with Gasteiger partial charge in [-0.15, -0.1) is 0 Å². The molecule has 1 unspecified atom stereocenters. The number of rotatable bonds is 6. The van der Waals surface area contributed by atoms with Crippen LogP contribution in [0.1, 0.15) is 30.6 Å². The van der Waals surface area contributed by atoms with E-state index in [9.17, 15) is 5.11 Å². The lowest BCUT2D eigenvalue weighted by Crippen LogP contribution is -2.01. The monoisotopic (exact) mass is 246 g/mol. The van der Waals surface area contributed by atoms with Gasteiger partial charge in [0.2, 0.25) is 0 Å². The molecule has 2 rings (SSSR count). The third-order valence-corrected chi connectivity index (χ3v) is 2.75. The van der Waals surface area contributed by atoms with Gasteiger partial charge in [-0.05, 0) is 35.7 Å². The summed E-state index contributed by atoms with van der Waals surface area (Å²) < 4.78 is 10.5. The minimum Gasteiger partial charge on any atom is -0.494 e. The molecule has 0 spiro atoms. The first-order valence-electron chi connectivity index (χ1n) is 6.21. The normalized spacial score (nSPS) is 12.3. The Labute approximate surface area is 107 Å². The van der Waals surface area contributed by atoms with Gasteiger partial charge < -0.3 is 14.3 Å². The first-order chi connectivity index (χ1) is 8.79. The number of hydrogen-bond donors (Lipinski definition) is 1. The van der Waals surface area contributed by atoms with Crippen LogP contribution in [0.25, 0.3) is 0 Å². The van der Waals surface area contributed by atoms with Crippen molar-refractivity contribution in [1.29, 1.82) is 0 Å². The quantitative estimate of drug-likeness (QED) is 0.850. The van der Waals surface area contributed by atoms with Gasteiger partial charge in [-0.2, -0.15) is 0 Å². The Morgan fingerprint density at radius 2 is 2.00 bits per heavy atom. The molecule has 18 heavy (non-hydrogen) atoms. The Bertz CT molecular complexity index is 445. The predicted molar refractivity (Wildman–Crippen MR) is 69.6 cm³/mol. The van der Waals surface area contributed by atoms with E-state index in [2.05, 4.69) is 6.92 Å². The highest BCUT2D eigenvalue weighted by Crippen LogP contribution is 2.21. The number of furan rings is 1. The molecular formula is C15H18O3. The highest BCUT2D eigenvalue weighted by atomic mass is 16.5. The fraction of sp³-hybridized carbons (Fsp3) is 0.333. The summed E-state index contributed by atoms with van der Waals surface area (Å²) in [5, 5.41) is 10.1. The standard InChI is InChI=1S/C15H18O3/c1-2-8-18-14-5-3-13(4-6-14)15(16)10-12-7-9-17-11-12/h3-7,9,11,15-16H,2,8,10H2,1H3. The second-order valence-electron chi connectivity index (χ2n) is 4.27. The van der Waals surface area contributed by atoms with E-state index in [4.69, 9.17) is 9.15 Å². The molecule has 0 bridgehead atoms. The number of aliphatic hydroxyl groups excluding tert-OH is 1. The van der Waals surface area contributed by atoms with E-state index >= 15 is 0 Å². The van der Waals surface area contributed by atoms with E-state index < -0.39 is 6.10 Å². The van der Waals surface area contributed by atoms with Crippen LogP contribution in [0.15, 0.2) is 47.3 Å². The van der Waals surface area contributed by atoms with Gasteiger partial charge >= 0.3 is 0 Å². The zero-order valence-corrected chi connectivity index (χ0v) is 10.5. The fourth-order valence-corrected chi connectivity index (χ4v) is 1.76. The molecule has 0 saturated heterocycles. The molecule has 96 valence electrons. The molecule has 2 aromatic rings. The van der Waals surface area contributed by atoms with E-state index in [-0.39, 0.29) is 0 Å². The van der Waals surface area contributed by atoms with Gasteiger partial charge in [-0.3, -0.25) is 0 Å². The molecule has 1 aromatic carbocycles. The molecule has 1 atom stereocenters. The summed E-state index contributed by atoms with van der Waals surface area (Å²) in [7, 11) is 0. The first kappa shape index (κ1) is 12.7. The maximum Gasteiger partial charge on any atom is 0.119 e. The van der Waals surface area contributed by atoms with Crippen molar-refractivity contribution >= 4 is 0 Å². The first-order valence-corrected chi connectivity index (χ1v) is 6.21. The van der Waals surface area contributed by atoms with Crippen molar-refractivity contribution < 1.29 is 14.3 Å². The van der Waals surface area contributed by atoms with E-state index in [1.54, 1.807) is 12.5 Å². The van der Waals surface area contributed by atoms with Gasteiger partial charge in [0.1, 0.15) is 5.75 Å². The van der Waals surface area contributed by atoms with Crippen molar-refractivity contribution in [3.05, 3.63) is 54.0 Å². The highest BCUT2D eigenvalue weighted by molar-refractivity contribution is 5.29. The van der Waals surface area contributed by atoms with Gasteiger partial charge in [-0.1, -0.05) is 19.1 Å². The molecule has 0 radical (unpaired) electrons.